The van der Waals surface area contributed by atoms with Gasteiger partial charge in [-0.2, -0.15) is 0 Å². The second-order valence-electron chi connectivity index (χ2n) is 6.02. The van der Waals surface area contributed by atoms with Crippen LogP contribution in [0.3, 0.4) is 0 Å². The lowest BCUT2D eigenvalue weighted by atomic mass is 10.1. The summed E-state index contributed by atoms with van der Waals surface area (Å²) in [6, 6.07) is 14.3. The highest BCUT2D eigenvalue weighted by Gasteiger charge is 2.21. The van der Waals surface area contributed by atoms with Crippen molar-refractivity contribution in [2.24, 2.45) is 0 Å². The van der Waals surface area contributed by atoms with E-state index in [-0.39, 0.29) is 16.3 Å². The SMILES string of the molecule is Cc1cc(C)c(S(=O)(=O)Nc2ccc3ccccc3c2O)c(C)c1. The van der Waals surface area contributed by atoms with Crippen LogP contribution >= 0.6 is 0 Å². The van der Waals surface area contributed by atoms with Gasteiger partial charge < -0.3 is 5.11 Å². The molecule has 3 rings (SSSR count). The number of fused-ring (bicyclic) bond motifs is 1. The van der Waals surface area contributed by atoms with E-state index >= 15 is 0 Å². The molecule has 0 spiro atoms. The number of sulfonamides is 1. The molecule has 3 aromatic carbocycles. The first-order chi connectivity index (χ1) is 11.3. The molecule has 0 aliphatic carbocycles. The van der Waals surface area contributed by atoms with Gasteiger partial charge in [-0.25, -0.2) is 8.42 Å². The van der Waals surface area contributed by atoms with Crippen LogP contribution in [0.2, 0.25) is 0 Å². The highest BCUT2D eigenvalue weighted by Crippen LogP contribution is 2.34. The van der Waals surface area contributed by atoms with Crippen LogP contribution in [0.15, 0.2) is 53.4 Å². The lowest BCUT2D eigenvalue weighted by Gasteiger charge is -2.15. The van der Waals surface area contributed by atoms with Crippen LogP contribution in [0.25, 0.3) is 10.8 Å². The average Bonchev–Trinajstić information content (AvgIpc) is 2.49. The minimum absolute atomic E-state index is 0.0703. The van der Waals surface area contributed by atoms with Crippen LogP contribution in [0.5, 0.6) is 5.75 Å². The normalized spacial score (nSPS) is 11.6. The van der Waals surface area contributed by atoms with E-state index in [1.54, 1.807) is 38.1 Å². The Balaban J connectivity index is 2.10. The van der Waals surface area contributed by atoms with Crippen molar-refractivity contribution in [1.29, 1.82) is 0 Å². The molecule has 0 atom stereocenters. The van der Waals surface area contributed by atoms with E-state index in [9.17, 15) is 13.5 Å². The summed E-state index contributed by atoms with van der Waals surface area (Å²) in [5.41, 5.74) is 2.55. The van der Waals surface area contributed by atoms with Crippen molar-refractivity contribution in [1.82, 2.24) is 0 Å². The van der Waals surface area contributed by atoms with Gasteiger partial charge in [-0.1, -0.05) is 48.0 Å². The Morgan fingerprint density at radius 3 is 2.21 bits per heavy atom. The van der Waals surface area contributed by atoms with Gasteiger partial charge in [0.25, 0.3) is 10.0 Å². The van der Waals surface area contributed by atoms with Crippen molar-refractivity contribution in [2.75, 3.05) is 4.72 Å². The summed E-state index contributed by atoms with van der Waals surface area (Å²) in [5, 5.41) is 11.9. The molecule has 3 aromatic rings. The Kier molecular flexibility index (Phi) is 3.97. The topological polar surface area (TPSA) is 66.4 Å². The quantitative estimate of drug-likeness (QED) is 0.699. The smallest absolute Gasteiger partial charge is 0.262 e. The fraction of sp³-hybridized carbons (Fsp3) is 0.158. The van der Waals surface area contributed by atoms with Crippen LogP contribution in [0.4, 0.5) is 5.69 Å². The maximum Gasteiger partial charge on any atom is 0.262 e. The summed E-state index contributed by atoms with van der Waals surface area (Å²) >= 11 is 0. The lowest BCUT2D eigenvalue weighted by Crippen LogP contribution is -2.16. The van der Waals surface area contributed by atoms with Gasteiger partial charge in [0, 0.05) is 5.39 Å². The first-order valence-corrected chi connectivity index (χ1v) is 9.09. The molecule has 0 aliphatic heterocycles. The number of phenols is 1. The van der Waals surface area contributed by atoms with E-state index in [2.05, 4.69) is 4.72 Å². The zero-order valence-electron chi connectivity index (χ0n) is 13.8. The second-order valence-corrected chi connectivity index (χ2v) is 7.64. The summed E-state index contributed by atoms with van der Waals surface area (Å²) in [6.07, 6.45) is 0. The monoisotopic (exact) mass is 341 g/mol. The number of rotatable bonds is 3. The number of hydrogen-bond donors (Lipinski definition) is 2. The Morgan fingerprint density at radius 2 is 1.54 bits per heavy atom. The van der Waals surface area contributed by atoms with Gasteiger partial charge >= 0.3 is 0 Å². The molecule has 5 heteroatoms. The summed E-state index contributed by atoms with van der Waals surface area (Å²) in [7, 11) is -3.79. The molecule has 0 aliphatic rings. The van der Waals surface area contributed by atoms with Gasteiger partial charge in [0.05, 0.1) is 10.6 Å². The van der Waals surface area contributed by atoms with Crippen LogP contribution in [0.1, 0.15) is 16.7 Å². The number of aryl methyl sites for hydroxylation is 3. The second kappa shape index (κ2) is 5.83. The first kappa shape index (κ1) is 16.3. The van der Waals surface area contributed by atoms with Crippen molar-refractivity contribution in [3.63, 3.8) is 0 Å². The number of aromatic hydroxyl groups is 1. The molecule has 124 valence electrons. The standard InChI is InChI=1S/C19H19NO3S/c1-12-10-13(2)19(14(3)11-12)24(22,23)20-17-9-8-15-6-4-5-7-16(15)18(17)21/h4-11,20-21H,1-3H3. The number of phenolic OH excluding ortho intramolecular Hbond substituents is 1. The van der Waals surface area contributed by atoms with Crippen molar-refractivity contribution >= 4 is 26.5 Å². The fourth-order valence-electron chi connectivity index (χ4n) is 3.12. The third-order valence-corrected chi connectivity index (χ3v) is 5.69. The molecule has 0 saturated carbocycles. The third-order valence-electron chi connectivity index (χ3n) is 4.02. The molecular formula is C19H19NO3S. The molecule has 0 saturated heterocycles. The maximum atomic E-state index is 12.8. The van der Waals surface area contributed by atoms with E-state index in [1.165, 1.54) is 0 Å². The zero-order valence-corrected chi connectivity index (χ0v) is 14.6. The van der Waals surface area contributed by atoms with Crippen molar-refractivity contribution < 1.29 is 13.5 Å². The lowest BCUT2D eigenvalue weighted by molar-refractivity contribution is 0.484. The van der Waals surface area contributed by atoms with Gasteiger partial charge in [0.1, 0.15) is 5.75 Å². The highest BCUT2D eigenvalue weighted by atomic mass is 32.2. The largest absolute Gasteiger partial charge is 0.505 e. The molecule has 2 N–H and O–H groups in total. The Labute approximate surface area is 141 Å². The molecule has 0 aromatic heterocycles. The van der Waals surface area contributed by atoms with E-state index in [0.29, 0.717) is 16.5 Å². The molecule has 24 heavy (non-hydrogen) atoms. The van der Waals surface area contributed by atoms with Crippen molar-refractivity contribution in [3.8, 4) is 5.75 Å². The molecule has 0 amide bonds. The number of anilines is 1. The van der Waals surface area contributed by atoms with Crippen LogP contribution < -0.4 is 4.72 Å². The van der Waals surface area contributed by atoms with Gasteiger partial charge in [-0.05, 0) is 43.4 Å². The Morgan fingerprint density at radius 1 is 0.917 bits per heavy atom. The van der Waals surface area contributed by atoms with E-state index < -0.39 is 10.0 Å². The summed E-state index contributed by atoms with van der Waals surface area (Å²) in [6.45, 7) is 5.47. The third kappa shape index (κ3) is 2.83. The fourth-order valence-corrected chi connectivity index (χ4v) is 4.65. The van der Waals surface area contributed by atoms with Gasteiger partial charge in [-0.3, -0.25) is 4.72 Å². The minimum Gasteiger partial charge on any atom is -0.505 e. The van der Waals surface area contributed by atoms with E-state index in [4.69, 9.17) is 0 Å². The van der Waals surface area contributed by atoms with Crippen LogP contribution in [-0.2, 0) is 10.0 Å². The molecule has 0 bridgehead atoms. The van der Waals surface area contributed by atoms with Crippen LogP contribution in [0, 0.1) is 20.8 Å². The molecule has 0 fully saturated rings. The molecule has 0 heterocycles. The predicted molar refractivity (Wildman–Crippen MR) is 97.1 cm³/mol. The van der Waals surface area contributed by atoms with Crippen molar-refractivity contribution in [3.05, 3.63) is 65.2 Å². The van der Waals surface area contributed by atoms with Crippen molar-refractivity contribution in [2.45, 2.75) is 25.7 Å². The van der Waals surface area contributed by atoms with Gasteiger partial charge in [0.2, 0.25) is 0 Å². The molecule has 4 nitrogen and oxygen atoms in total. The van der Waals surface area contributed by atoms with E-state index in [0.717, 1.165) is 10.9 Å². The summed E-state index contributed by atoms with van der Waals surface area (Å²) in [5.74, 6) is -0.0703. The van der Waals surface area contributed by atoms with E-state index in [1.807, 2.05) is 31.2 Å². The number of nitrogens with one attached hydrogen (secondary N) is 1. The molecule has 0 unspecified atom stereocenters. The Hall–Kier alpha value is -2.53. The van der Waals surface area contributed by atoms with Crippen LogP contribution in [-0.4, -0.2) is 13.5 Å². The minimum atomic E-state index is -3.79. The van der Waals surface area contributed by atoms with Gasteiger partial charge in [0.15, 0.2) is 0 Å². The predicted octanol–water partition coefficient (Wildman–Crippen LogP) is 4.27. The summed E-state index contributed by atoms with van der Waals surface area (Å²) in [4.78, 5) is 0.251. The zero-order chi connectivity index (χ0) is 17.5. The number of hydrogen-bond acceptors (Lipinski definition) is 3. The van der Waals surface area contributed by atoms with Gasteiger partial charge in [-0.15, -0.1) is 0 Å². The maximum absolute atomic E-state index is 12.8. The first-order valence-electron chi connectivity index (χ1n) is 7.61. The number of benzene rings is 3. The summed E-state index contributed by atoms with van der Waals surface area (Å²) < 4.78 is 28.2. The average molecular weight is 341 g/mol. The highest BCUT2D eigenvalue weighted by molar-refractivity contribution is 7.92. The molecular weight excluding hydrogens is 322 g/mol. The molecule has 0 radical (unpaired) electrons. The Bertz CT molecular complexity index is 1020.